The van der Waals surface area contributed by atoms with Crippen molar-refractivity contribution in [1.29, 1.82) is 0 Å². The first-order chi connectivity index (χ1) is 10.6. The zero-order chi connectivity index (χ0) is 16.6. The Labute approximate surface area is 144 Å². The van der Waals surface area contributed by atoms with Crippen LogP contribution >= 0.6 is 11.6 Å². The molecule has 0 radical (unpaired) electrons. The average molecular weight is 335 g/mol. The van der Waals surface area contributed by atoms with Gasteiger partial charge >= 0.3 is 0 Å². The molecule has 0 N–H and O–H groups in total. The predicted octanol–water partition coefficient (Wildman–Crippen LogP) is 6.41. The molecule has 0 fully saturated rings. The first-order valence-electron chi connectivity index (χ1n) is 9.35. The van der Waals surface area contributed by atoms with E-state index in [0.717, 1.165) is 44.3 Å². The van der Waals surface area contributed by atoms with Crippen LogP contribution in [0.5, 0.6) is 0 Å². The summed E-state index contributed by atoms with van der Waals surface area (Å²) in [5.41, 5.74) is 0. The van der Waals surface area contributed by atoms with Crippen LogP contribution < -0.4 is 0 Å². The van der Waals surface area contributed by atoms with Gasteiger partial charge in [0.25, 0.3) is 0 Å². The molecule has 0 rings (SSSR count). The Morgan fingerprint density at radius 1 is 0.773 bits per heavy atom. The minimum Gasteiger partial charge on any atom is -0.355 e. The number of hydrogen-bond acceptors (Lipinski definition) is 2. The van der Waals surface area contributed by atoms with Gasteiger partial charge in [-0.3, -0.25) is 0 Å². The molecule has 0 heterocycles. The molecular formula is C19H39ClO2. The van der Waals surface area contributed by atoms with E-state index in [1.807, 2.05) is 0 Å². The summed E-state index contributed by atoms with van der Waals surface area (Å²) in [4.78, 5) is 0. The molecule has 0 saturated carbocycles. The summed E-state index contributed by atoms with van der Waals surface area (Å²) in [5.74, 6) is 1.48. The Hall–Kier alpha value is 0.210. The van der Waals surface area contributed by atoms with E-state index in [-0.39, 0.29) is 0 Å². The van der Waals surface area contributed by atoms with Gasteiger partial charge in [0.2, 0.25) is 0 Å². The van der Waals surface area contributed by atoms with Crippen molar-refractivity contribution in [2.75, 3.05) is 20.0 Å². The molecule has 0 spiro atoms. The Balaban J connectivity index is 3.25. The quantitative estimate of drug-likeness (QED) is 0.184. The van der Waals surface area contributed by atoms with Gasteiger partial charge in [0, 0.05) is 18.6 Å². The third kappa shape index (κ3) is 16.6. The third-order valence-electron chi connectivity index (χ3n) is 4.08. The van der Waals surface area contributed by atoms with Gasteiger partial charge < -0.3 is 9.47 Å². The number of ether oxygens (including phenoxy) is 2. The van der Waals surface area contributed by atoms with Crippen LogP contribution in [0.3, 0.4) is 0 Å². The summed E-state index contributed by atoms with van der Waals surface area (Å²) >= 11 is 6.04. The van der Waals surface area contributed by atoms with E-state index in [1.54, 1.807) is 0 Å². The van der Waals surface area contributed by atoms with Crippen LogP contribution in [0, 0.1) is 11.8 Å². The molecule has 3 atom stereocenters. The lowest BCUT2D eigenvalue weighted by Crippen LogP contribution is -2.09. The zero-order valence-corrected chi connectivity index (χ0v) is 16.2. The molecule has 0 aliphatic carbocycles. The van der Waals surface area contributed by atoms with Crippen LogP contribution in [-0.2, 0) is 9.47 Å². The molecule has 0 aromatic rings. The second-order valence-electron chi connectivity index (χ2n) is 6.95. The summed E-state index contributed by atoms with van der Waals surface area (Å²) < 4.78 is 11.0. The van der Waals surface area contributed by atoms with Crippen LogP contribution in [0.1, 0.15) is 85.5 Å². The summed E-state index contributed by atoms with van der Waals surface area (Å²) in [7, 11) is 0. The molecule has 2 nitrogen and oxygen atoms in total. The summed E-state index contributed by atoms with van der Waals surface area (Å²) in [5, 5.41) is 0.296. The lowest BCUT2D eigenvalue weighted by molar-refractivity contribution is -0.0561. The van der Waals surface area contributed by atoms with E-state index in [4.69, 9.17) is 21.1 Å². The first-order valence-corrected chi connectivity index (χ1v) is 9.79. The number of hydrogen-bond donors (Lipinski definition) is 0. The van der Waals surface area contributed by atoms with Crippen molar-refractivity contribution in [1.82, 2.24) is 0 Å². The maximum absolute atomic E-state index is 6.04. The van der Waals surface area contributed by atoms with Crippen molar-refractivity contribution >= 4 is 11.6 Å². The molecule has 0 amide bonds. The van der Waals surface area contributed by atoms with E-state index in [0.29, 0.717) is 12.2 Å². The van der Waals surface area contributed by atoms with Gasteiger partial charge in [-0.15, -0.1) is 11.6 Å². The van der Waals surface area contributed by atoms with E-state index < -0.39 is 0 Å². The second-order valence-corrected chi connectivity index (χ2v) is 7.70. The number of alkyl halides is 1. The monoisotopic (exact) mass is 334 g/mol. The van der Waals surface area contributed by atoms with Crippen LogP contribution in [0.4, 0.5) is 0 Å². The molecule has 3 unspecified atom stereocenters. The molecule has 134 valence electrons. The number of halogens is 1. The fourth-order valence-corrected chi connectivity index (χ4v) is 3.28. The highest BCUT2D eigenvalue weighted by atomic mass is 35.5. The fraction of sp³-hybridized carbons (Fsp3) is 1.00. The van der Waals surface area contributed by atoms with Gasteiger partial charge in [-0.1, -0.05) is 46.5 Å². The average Bonchev–Trinajstić information content (AvgIpc) is 2.43. The summed E-state index contributed by atoms with van der Waals surface area (Å²) in [6, 6.07) is 0. The standard InChI is InChI=1S/C19H39ClO2/c1-5-6-7-8-9-12-21-16-22-13-10-11-17(2)14-18(3)15-19(4)20/h17-19H,5-16H2,1-4H3. The Morgan fingerprint density at radius 3 is 2.05 bits per heavy atom. The lowest BCUT2D eigenvalue weighted by Gasteiger charge is -2.18. The molecule has 3 heteroatoms. The first kappa shape index (κ1) is 22.2. The van der Waals surface area contributed by atoms with Gasteiger partial charge in [0.05, 0.1) is 0 Å². The van der Waals surface area contributed by atoms with Gasteiger partial charge in [-0.2, -0.15) is 0 Å². The highest BCUT2D eigenvalue weighted by Crippen LogP contribution is 2.21. The molecule has 0 saturated heterocycles. The SMILES string of the molecule is CCCCCCCOCOCCCC(C)CC(C)CC(C)Cl. The number of unbranched alkanes of at least 4 members (excludes halogenated alkanes) is 4. The Morgan fingerprint density at radius 2 is 1.41 bits per heavy atom. The normalized spacial score (nSPS) is 15.7. The van der Waals surface area contributed by atoms with Crippen molar-refractivity contribution in [3.8, 4) is 0 Å². The largest absolute Gasteiger partial charge is 0.355 e. The van der Waals surface area contributed by atoms with E-state index in [2.05, 4.69) is 27.7 Å². The van der Waals surface area contributed by atoms with E-state index >= 15 is 0 Å². The van der Waals surface area contributed by atoms with Crippen molar-refractivity contribution in [3.05, 3.63) is 0 Å². The smallest absolute Gasteiger partial charge is 0.146 e. The minimum absolute atomic E-state index is 0.296. The molecule has 0 bridgehead atoms. The summed E-state index contributed by atoms with van der Waals surface area (Å²) in [6.45, 7) is 11.1. The molecule has 0 aromatic carbocycles. The summed E-state index contributed by atoms with van der Waals surface area (Å²) in [6.07, 6.45) is 11.2. The maximum atomic E-state index is 6.04. The second kappa shape index (κ2) is 16.1. The van der Waals surface area contributed by atoms with Crippen LogP contribution in [-0.4, -0.2) is 25.4 Å². The molecule has 22 heavy (non-hydrogen) atoms. The highest BCUT2D eigenvalue weighted by Gasteiger charge is 2.11. The Bertz CT molecular complexity index is 221. The lowest BCUT2D eigenvalue weighted by atomic mass is 9.91. The predicted molar refractivity (Wildman–Crippen MR) is 97.6 cm³/mol. The third-order valence-corrected chi connectivity index (χ3v) is 4.25. The van der Waals surface area contributed by atoms with Gasteiger partial charge in [0.15, 0.2) is 0 Å². The van der Waals surface area contributed by atoms with Crippen LogP contribution in [0.2, 0.25) is 0 Å². The van der Waals surface area contributed by atoms with Crippen molar-refractivity contribution in [2.45, 2.75) is 90.9 Å². The van der Waals surface area contributed by atoms with Crippen LogP contribution in [0.25, 0.3) is 0 Å². The van der Waals surface area contributed by atoms with Gasteiger partial charge in [-0.05, 0) is 50.9 Å². The molecule has 0 aromatic heterocycles. The minimum atomic E-state index is 0.296. The van der Waals surface area contributed by atoms with E-state index in [1.165, 1.54) is 38.5 Å². The molecule has 0 aliphatic rings. The highest BCUT2D eigenvalue weighted by molar-refractivity contribution is 6.20. The van der Waals surface area contributed by atoms with Crippen molar-refractivity contribution in [2.24, 2.45) is 11.8 Å². The molecular weight excluding hydrogens is 296 g/mol. The maximum Gasteiger partial charge on any atom is 0.146 e. The number of rotatable bonds is 16. The fourth-order valence-electron chi connectivity index (χ4n) is 2.97. The zero-order valence-electron chi connectivity index (χ0n) is 15.4. The Kier molecular flexibility index (Phi) is 16.2. The van der Waals surface area contributed by atoms with Gasteiger partial charge in [-0.25, -0.2) is 0 Å². The molecule has 0 aliphatic heterocycles. The van der Waals surface area contributed by atoms with E-state index in [9.17, 15) is 0 Å². The van der Waals surface area contributed by atoms with Crippen molar-refractivity contribution in [3.63, 3.8) is 0 Å². The van der Waals surface area contributed by atoms with Crippen LogP contribution in [0.15, 0.2) is 0 Å². The van der Waals surface area contributed by atoms with Crippen molar-refractivity contribution < 1.29 is 9.47 Å². The topological polar surface area (TPSA) is 18.5 Å². The van der Waals surface area contributed by atoms with Gasteiger partial charge in [0.1, 0.15) is 6.79 Å².